The van der Waals surface area contributed by atoms with Gasteiger partial charge in [-0.2, -0.15) is 0 Å². The molecule has 0 N–H and O–H groups in total. The second-order valence-corrected chi connectivity index (χ2v) is 10.3. The largest absolute Gasteiger partial charge is 0.465 e. The molecule has 0 aliphatic carbocycles. The van der Waals surface area contributed by atoms with Crippen molar-refractivity contribution in [3.05, 3.63) is 133 Å². The predicted octanol–water partition coefficient (Wildman–Crippen LogP) is 4.79. The zero-order valence-electron chi connectivity index (χ0n) is 17.8. The molecule has 4 aromatic rings. The van der Waals surface area contributed by atoms with Gasteiger partial charge in [0.25, 0.3) is 0 Å². The number of carbonyl (C=O) groups excluding carboxylic acids is 1. The maximum absolute atomic E-state index is 12.7. The van der Waals surface area contributed by atoms with Crippen LogP contribution in [0, 0.1) is 0 Å². The number of methoxy groups -OCH3 is 1. The van der Waals surface area contributed by atoms with Crippen LogP contribution in [-0.2, 0) is 9.53 Å². The third kappa shape index (κ3) is 4.30. The Hall–Kier alpha value is -3.79. The first-order chi connectivity index (χ1) is 15.8. The first kappa shape index (κ1) is 21.4. The molecule has 0 heterocycles. The second-order valence-electron chi connectivity index (χ2n) is 7.15. The molecule has 0 saturated heterocycles. The average molecular weight is 434 g/mol. The fourth-order valence-corrected chi connectivity index (χ4v) is 7.10. The minimum Gasteiger partial charge on any atom is -0.465 e. The third-order valence-electron chi connectivity index (χ3n) is 5.23. The zero-order chi connectivity index (χ0) is 22.2. The molecule has 3 heteroatoms. The monoisotopic (exact) mass is 434 g/mol. The van der Waals surface area contributed by atoms with Gasteiger partial charge >= 0.3 is 5.97 Å². The summed E-state index contributed by atoms with van der Waals surface area (Å²) < 4.78 is 5.08. The molecule has 4 rings (SSSR count). The Morgan fingerprint density at radius 2 is 1.00 bits per heavy atom. The minimum absolute atomic E-state index is 0.361. The molecule has 0 aliphatic rings. The van der Waals surface area contributed by atoms with Crippen molar-refractivity contribution in [3.63, 3.8) is 0 Å². The minimum atomic E-state index is -2.37. The molecule has 0 spiro atoms. The van der Waals surface area contributed by atoms with Crippen LogP contribution in [0.5, 0.6) is 0 Å². The molecule has 2 nitrogen and oxygen atoms in total. The molecular formula is C29H23O2P. The lowest BCUT2D eigenvalue weighted by Crippen LogP contribution is -2.25. The van der Waals surface area contributed by atoms with Gasteiger partial charge in [0.1, 0.15) is 5.57 Å². The predicted molar refractivity (Wildman–Crippen MR) is 136 cm³/mol. The van der Waals surface area contributed by atoms with E-state index in [9.17, 15) is 4.79 Å². The molecule has 156 valence electrons. The Morgan fingerprint density at radius 1 is 0.625 bits per heavy atom. The van der Waals surface area contributed by atoms with Gasteiger partial charge in [-0.1, -0.05) is 133 Å². The number of hydrogen-bond donors (Lipinski definition) is 0. The smallest absolute Gasteiger partial charge is 0.347 e. The quantitative estimate of drug-likeness (QED) is 0.195. The summed E-state index contributed by atoms with van der Waals surface area (Å²) >= 11 is 0. The first-order valence-corrected chi connectivity index (χ1v) is 12.1. The van der Waals surface area contributed by atoms with Crippen LogP contribution in [0.3, 0.4) is 0 Å². The molecule has 0 aliphatic heterocycles. The van der Waals surface area contributed by atoms with Crippen molar-refractivity contribution in [2.75, 3.05) is 7.11 Å². The number of rotatable bonds is 5. The number of hydrogen-bond acceptors (Lipinski definition) is 2. The van der Waals surface area contributed by atoms with Crippen molar-refractivity contribution in [2.45, 2.75) is 0 Å². The highest BCUT2D eigenvalue weighted by Gasteiger charge is 2.24. The number of carbonyl (C=O) groups is 1. The number of esters is 1. The van der Waals surface area contributed by atoms with E-state index in [4.69, 9.17) is 4.74 Å². The zero-order valence-corrected chi connectivity index (χ0v) is 18.7. The van der Waals surface area contributed by atoms with Crippen molar-refractivity contribution < 1.29 is 9.53 Å². The summed E-state index contributed by atoms with van der Waals surface area (Å²) in [6.07, 6.45) is 0. The molecule has 0 saturated carbocycles. The fourth-order valence-electron chi connectivity index (χ4n) is 3.68. The van der Waals surface area contributed by atoms with E-state index in [1.807, 2.05) is 84.9 Å². The Labute approximate surface area is 189 Å². The van der Waals surface area contributed by atoms with E-state index in [0.29, 0.717) is 5.57 Å². The van der Waals surface area contributed by atoms with Crippen LogP contribution in [0.25, 0.3) is 5.57 Å². The van der Waals surface area contributed by atoms with Crippen molar-refractivity contribution in [1.82, 2.24) is 0 Å². The number of benzene rings is 4. The highest BCUT2D eigenvalue weighted by molar-refractivity contribution is 7.94. The Morgan fingerprint density at radius 3 is 1.38 bits per heavy atom. The Bertz CT molecular complexity index is 1210. The SMILES string of the molecule is COC(=O)C(=C=C=P(c1ccccc1)(c1ccccc1)c1ccccc1)c1ccccc1. The highest BCUT2D eigenvalue weighted by atomic mass is 31.2. The summed E-state index contributed by atoms with van der Waals surface area (Å²) in [6, 6.07) is 40.5. The maximum atomic E-state index is 12.7. The molecular weight excluding hydrogens is 411 g/mol. The van der Waals surface area contributed by atoms with Crippen molar-refractivity contribution in [1.29, 1.82) is 0 Å². The van der Waals surface area contributed by atoms with Crippen molar-refractivity contribution in [2.24, 2.45) is 0 Å². The van der Waals surface area contributed by atoms with Crippen LogP contribution in [-0.4, -0.2) is 18.5 Å². The lowest BCUT2D eigenvalue weighted by molar-refractivity contribution is -0.133. The van der Waals surface area contributed by atoms with E-state index in [-0.39, 0.29) is 0 Å². The van der Waals surface area contributed by atoms with E-state index >= 15 is 0 Å². The molecule has 0 aromatic heterocycles. The van der Waals surface area contributed by atoms with Crippen LogP contribution in [0.1, 0.15) is 5.56 Å². The maximum Gasteiger partial charge on any atom is 0.347 e. The van der Waals surface area contributed by atoms with Gasteiger partial charge in [0.2, 0.25) is 0 Å². The lowest BCUT2D eigenvalue weighted by atomic mass is 10.1. The number of ether oxygens (including phenoxy) is 1. The van der Waals surface area contributed by atoms with E-state index in [1.165, 1.54) is 7.11 Å². The summed E-state index contributed by atoms with van der Waals surface area (Å²) in [5.41, 5.74) is 7.99. The van der Waals surface area contributed by atoms with Crippen molar-refractivity contribution in [3.8, 4) is 0 Å². The lowest BCUT2D eigenvalue weighted by Gasteiger charge is -2.25. The van der Waals surface area contributed by atoms with E-state index in [0.717, 1.165) is 21.5 Å². The standard InChI is InChI=1S/C29H23O2P/c1-31-29(30)28(24-14-6-2-7-15-24)22-23-32(25-16-8-3-9-17-25,26-18-10-4-11-19-26)27-20-12-5-13-21-27/h2-21H,1H3. The van der Waals surface area contributed by atoms with Crippen LogP contribution in [0.2, 0.25) is 0 Å². The van der Waals surface area contributed by atoms with Crippen LogP contribution in [0.4, 0.5) is 0 Å². The normalized spacial score (nSPS) is 10.5. The summed E-state index contributed by atoms with van der Waals surface area (Å²) in [5, 5.41) is 3.42. The summed E-state index contributed by atoms with van der Waals surface area (Å²) in [5.74, 6) is -0.434. The molecule has 0 radical (unpaired) electrons. The second kappa shape index (κ2) is 10.0. The molecule has 0 bridgehead atoms. The molecule has 0 atom stereocenters. The summed E-state index contributed by atoms with van der Waals surface area (Å²) in [7, 11) is 1.39. The molecule has 0 amide bonds. The van der Waals surface area contributed by atoms with Gasteiger partial charge in [-0.25, -0.2) is 4.79 Å². The van der Waals surface area contributed by atoms with Gasteiger partial charge < -0.3 is 4.74 Å². The summed E-state index contributed by atoms with van der Waals surface area (Å²) in [6.45, 7) is -2.37. The molecule has 32 heavy (non-hydrogen) atoms. The van der Waals surface area contributed by atoms with Crippen LogP contribution < -0.4 is 15.9 Å². The summed E-state index contributed by atoms with van der Waals surface area (Å²) in [4.78, 5) is 12.7. The van der Waals surface area contributed by atoms with Gasteiger partial charge in [-0.05, 0) is 21.5 Å². The first-order valence-electron chi connectivity index (χ1n) is 10.4. The van der Waals surface area contributed by atoms with Gasteiger partial charge in [0.15, 0.2) is 0 Å². The van der Waals surface area contributed by atoms with E-state index in [1.54, 1.807) is 0 Å². The van der Waals surface area contributed by atoms with E-state index in [2.05, 4.69) is 47.6 Å². The average Bonchev–Trinajstić information content (AvgIpc) is 2.88. The van der Waals surface area contributed by atoms with Crippen LogP contribution >= 0.6 is 6.89 Å². The van der Waals surface area contributed by atoms with Gasteiger partial charge in [0.05, 0.1) is 7.11 Å². The molecule has 0 fully saturated rings. The Balaban J connectivity index is 2.23. The highest BCUT2D eigenvalue weighted by Crippen LogP contribution is 2.42. The van der Waals surface area contributed by atoms with Gasteiger partial charge in [0, 0.05) is 6.89 Å². The fraction of sp³-hybridized carbons (Fsp3) is 0.0345. The Kier molecular flexibility index (Phi) is 6.71. The van der Waals surface area contributed by atoms with Crippen molar-refractivity contribution >= 4 is 39.8 Å². The van der Waals surface area contributed by atoms with E-state index < -0.39 is 12.9 Å². The molecule has 0 unspecified atom stereocenters. The van der Waals surface area contributed by atoms with Crippen LogP contribution in [0.15, 0.2) is 127 Å². The van der Waals surface area contributed by atoms with Gasteiger partial charge in [-0.3, -0.25) is 0 Å². The molecule has 4 aromatic carbocycles. The third-order valence-corrected chi connectivity index (χ3v) is 8.90. The van der Waals surface area contributed by atoms with Gasteiger partial charge in [-0.15, -0.1) is 0 Å². The topological polar surface area (TPSA) is 26.3 Å².